The minimum Gasteiger partial charge on any atom is -0.386 e. The Morgan fingerprint density at radius 2 is 2.32 bits per heavy atom. The summed E-state index contributed by atoms with van der Waals surface area (Å²) in [5.74, 6) is -0.970. The summed E-state index contributed by atoms with van der Waals surface area (Å²) in [6.07, 6.45) is 1.97. The van der Waals surface area contributed by atoms with Gasteiger partial charge in [-0.1, -0.05) is 0 Å². The zero-order valence-corrected chi connectivity index (χ0v) is 10.7. The van der Waals surface area contributed by atoms with Gasteiger partial charge in [-0.15, -0.1) is 0 Å². The molecule has 0 spiro atoms. The van der Waals surface area contributed by atoms with Gasteiger partial charge in [0.15, 0.2) is 0 Å². The SMILES string of the molecule is CC(NC(=O)c1cc(C(N)=O)c[nH]1)C1(O)CCNC1. The third kappa shape index (κ3) is 2.77. The van der Waals surface area contributed by atoms with Gasteiger partial charge in [0.05, 0.1) is 17.2 Å². The second-order valence-electron chi connectivity index (χ2n) is 4.89. The first-order valence-corrected chi connectivity index (χ1v) is 6.14. The standard InChI is InChI=1S/C12H18N4O3/c1-7(12(19)2-3-14-6-12)16-11(18)9-4-8(5-15-9)10(13)17/h4-5,7,14-15,19H,2-3,6H2,1H3,(H2,13,17)(H,16,18). The van der Waals surface area contributed by atoms with Crippen LogP contribution >= 0.6 is 0 Å². The molecule has 0 saturated carbocycles. The molecule has 0 aliphatic carbocycles. The van der Waals surface area contributed by atoms with Gasteiger partial charge < -0.3 is 26.5 Å². The van der Waals surface area contributed by atoms with Crippen LogP contribution in [-0.4, -0.2) is 46.6 Å². The van der Waals surface area contributed by atoms with Crippen LogP contribution in [0.2, 0.25) is 0 Å². The molecule has 1 aliphatic rings. The Kier molecular flexibility index (Phi) is 3.59. The molecule has 2 atom stereocenters. The lowest BCUT2D eigenvalue weighted by Crippen LogP contribution is -2.52. The Morgan fingerprint density at radius 1 is 1.58 bits per heavy atom. The highest BCUT2D eigenvalue weighted by Crippen LogP contribution is 2.19. The number of nitrogens with two attached hydrogens (primary N) is 1. The van der Waals surface area contributed by atoms with Gasteiger partial charge in [-0.2, -0.15) is 0 Å². The van der Waals surface area contributed by atoms with Crippen LogP contribution in [0.15, 0.2) is 12.3 Å². The van der Waals surface area contributed by atoms with Crippen LogP contribution in [0.4, 0.5) is 0 Å². The number of rotatable bonds is 4. The molecule has 7 heteroatoms. The third-order valence-electron chi connectivity index (χ3n) is 3.53. The summed E-state index contributed by atoms with van der Waals surface area (Å²) < 4.78 is 0. The number of aliphatic hydroxyl groups is 1. The molecule has 6 N–H and O–H groups in total. The number of H-pyrrole nitrogens is 1. The topological polar surface area (TPSA) is 120 Å². The summed E-state index contributed by atoms with van der Waals surface area (Å²) in [7, 11) is 0. The largest absolute Gasteiger partial charge is 0.386 e. The number of aromatic amines is 1. The number of hydrogen-bond donors (Lipinski definition) is 5. The predicted octanol–water partition coefficient (Wildman–Crippen LogP) is -1.04. The van der Waals surface area contributed by atoms with Crippen LogP contribution in [0.5, 0.6) is 0 Å². The van der Waals surface area contributed by atoms with Gasteiger partial charge in [-0.05, 0) is 26.0 Å². The molecule has 2 rings (SSSR count). The highest BCUT2D eigenvalue weighted by atomic mass is 16.3. The van der Waals surface area contributed by atoms with E-state index < -0.39 is 17.6 Å². The zero-order valence-electron chi connectivity index (χ0n) is 10.7. The number of primary amides is 1. The fraction of sp³-hybridized carbons (Fsp3) is 0.500. The Hall–Kier alpha value is -1.86. The molecule has 19 heavy (non-hydrogen) atoms. The second kappa shape index (κ2) is 5.02. The zero-order chi connectivity index (χ0) is 14.0. The van der Waals surface area contributed by atoms with E-state index in [4.69, 9.17) is 5.73 Å². The number of aromatic nitrogens is 1. The molecule has 0 bridgehead atoms. The number of hydrogen-bond acceptors (Lipinski definition) is 4. The molecule has 1 aromatic rings. The van der Waals surface area contributed by atoms with E-state index in [2.05, 4.69) is 15.6 Å². The first-order chi connectivity index (χ1) is 8.92. The van der Waals surface area contributed by atoms with Gasteiger partial charge >= 0.3 is 0 Å². The molecule has 7 nitrogen and oxygen atoms in total. The van der Waals surface area contributed by atoms with Crippen LogP contribution in [-0.2, 0) is 0 Å². The number of amides is 2. The van der Waals surface area contributed by atoms with Crippen molar-refractivity contribution >= 4 is 11.8 Å². The van der Waals surface area contributed by atoms with E-state index in [1.165, 1.54) is 12.3 Å². The van der Waals surface area contributed by atoms with Crippen LogP contribution in [0.3, 0.4) is 0 Å². The van der Waals surface area contributed by atoms with E-state index >= 15 is 0 Å². The number of carbonyl (C=O) groups excluding carboxylic acids is 2. The monoisotopic (exact) mass is 266 g/mol. The quantitative estimate of drug-likeness (QED) is 0.478. The third-order valence-corrected chi connectivity index (χ3v) is 3.53. The molecule has 2 unspecified atom stereocenters. The Bertz CT molecular complexity index is 491. The first-order valence-electron chi connectivity index (χ1n) is 6.14. The number of β-amino-alcohol motifs (C(OH)–C–C–N with tert-alkyl or cyclic N) is 1. The van der Waals surface area contributed by atoms with Crippen molar-refractivity contribution in [3.63, 3.8) is 0 Å². The van der Waals surface area contributed by atoms with Crippen molar-refractivity contribution in [2.75, 3.05) is 13.1 Å². The van der Waals surface area contributed by atoms with Crippen molar-refractivity contribution in [3.8, 4) is 0 Å². The van der Waals surface area contributed by atoms with Gasteiger partial charge in [0.1, 0.15) is 5.69 Å². The summed E-state index contributed by atoms with van der Waals surface area (Å²) in [5, 5.41) is 16.1. The molecule has 1 aliphatic heterocycles. The maximum absolute atomic E-state index is 12.0. The average molecular weight is 266 g/mol. The number of carbonyl (C=O) groups is 2. The van der Waals surface area contributed by atoms with Gasteiger partial charge in [0.2, 0.25) is 5.91 Å². The normalized spacial score (nSPS) is 24.1. The van der Waals surface area contributed by atoms with Crippen molar-refractivity contribution in [2.24, 2.45) is 5.73 Å². The fourth-order valence-corrected chi connectivity index (χ4v) is 2.14. The minimum atomic E-state index is -0.936. The van der Waals surface area contributed by atoms with Gasteiger partial charge in [0, 0.05) is 12.7 Å². The molecule has 104 valence electrons. The smallest absolute Gasteiger partial charge is 0.268 e. The highest BCUT2D eigenvalue weighted by Gasteiger charge is 2.37. The first kappa shape index (κ1) is 13.6. The van der Waals surface area contributed by atoms with Crippen molar-refractivity contribution in [1.82, 2.24) is 15.6 Å². The molecule has 1 fully saturated rings. The average Bonchev–Trinajstić information content (AvgIpc) is 2.97. The molecule has 0 aromatic carbocycles. The molecule has 2 heterocycles. The maximum Gasteiger partial charge on any atom is 0.268 e. The van der Waals surface area contributed by atoms with E-state index in [9.17, 15) is 14.7 Å². The Labute approximate surface area is 110 Å². The lowest BCUT2D eigenvalue weighted by molar-refractivity contribution is 0.0256. The molecule has 1 aromatic heterocycles. The molecule has 2 amide bonds. The van der Waals surface area contributed by atoms with Crippen molar-refractivity contribution in [1.29, 1.82) is 0 Å². The highest BCUT2D eigenvalue weighted by molar-refractivity contribution is 5.98. The van der Waals surface area contributed by atoms with Crippen molar-refractivity contribution in [3.05, 3.63) is 23.5 Å². The molecular formula is C12H18N4O3. The van der Waals surface area contributed by atoms with E-state index in [0.29, 0.717) is 13.0 Å². The van der Waals surface area contributed by atoms with E-state index in [-0.39, 0.29) is 17.2 Å². The van der Waals surface area contributed by atoms with E-state index in [0.717, 1.165) is 6.54 Å². The Balaban J connectivity index is 2.02. The van der Waals surface area contributed by atoms with Crippen molar-refractivity contribution in [2.45, 2.75) is 25.0 Å². The fourth-order valence-electron chi connectivity index (χ4n) is 2.14. The Morgan fingerprint density at radius 3 is 2.84 bits per heavy atom. The second-order valence-corrected chi connectivity index (χ2v) is 4.89. The molecule has 1 saturated heterocycles. The van der Waals surface area contributed by atoms with Crippen LogP contribution in [0, 0.1) is 0 Å². The summed E-state index contributed by atoms with van der Waals surface area (Å²) in [6, 6.07) is 0.997. The lowest BCUT2D eigenvalue weighted by Gasteiger charge is -2.29. The van der Waals surface area contributed by atoms with Crippen LogP contribution in [0.1, 0.15) is 34.2 Å². The number of nitrogens with one attached hydrogen (secondary N) is 3. The molecule has 0 radical (unpaired) electrons. The van der Waals surface area contributed by atoms with Gasteiger partial charge in [-0.3, -0.25) is 9.59 Å². The lowest BCUT2D eigenvalue weighted by atomic mass is 9.94. The summed E-state index contributed by atoms with van der Waals surface area (Å²) in [6.45, 7) is 2.93. The van der Waals surface area contributed by atoms with Crippen molar-refractivity contribution < 1.29 is 14.7 Å². The maximum atomic E-state index is 12.0. The molecular weight excluding hydrogens is 248 g/mol. The minimum absolute atomic E-state index is 0.246. The van der Waals surface area contributed by atoms with E-state index in [1.54, 1.807) is 6.92 Å². The van der Waals surface area contributed by atoms with Gasteiger partial charge in [0.25, 0.3) is 5.91 Å². The summed E-state index contributed by atoms with van der Waals surface area (Å²) >= 11 is 0. The summed E-state index contributed by atoms with van der Waals surface area (Å²) in [5.41, 5.74) is 4.67. The van der Waals surface area contributed by atoms with Crippen LogP contribution in [0.25, 0.3) is 0 Å². The van der Waals surface area contributed by atoms with Gasteiger partial charge in [-0.25, -0.2) is 0 Å². The van der Waals surface area contributed by atoms with E-state index in [1.807, 2.05) is 0 Å². The van der Waals surface area contributed by atoms with Crippen LogP contribution < -0.4 is 16.4 Å². The summed E-state index contributed by atoms with van der Waals surface area (Å²) in [4.78, 5) is 25.6. The predicted molar refractivity (Wildman–Crippen MR) is 68.7 cm³/mol.